The summed E-state index contributed by atoms with van der Waals surface area (Å²) in [6.07, 6.45) is 6.83. The molecule has 2 amide bonds. The second-order valence-corrected chi connectivity index (χ2v) is 11.5. The van der Waals surface area contributed by atoms with Gasteiger partial charge in [0.05, 0.1) is 6.54 Å². The van der Waals surface area contributed by atoms with Gasteiger partial charge in [0.25, 0.3) is 0 Å². The predicted molar refractivity (Wildman–Crippen MR) is 130 cm³/mol. The third-order valence-electron chi connectivity index (χ3n) is 9.01. The minimum absolute atomic E-state index is 0.00870. The van der Waals surface area contributed by atoms with Gasteiger partial charge in [-0.05, 0) is 71.2 Å². The predicted octanol–water partition coefficient (Wildman–Crippen LogP) is 6.77. The molecular weight excluding hydrogens is 402 g/mol. The van der Waals surface area contributed by atoms with Crippen LogP contribution in [0.3, 0.4) is 0 Å². The van der Waals surface area contributed by atoms with E-state index in [2.05, 4.69) is 62.7 Å². The fraction of sp³-hybridized carbons (Fsp3) is 0.615. The lowest BCUT2D eigenvalue weighted by atomic mass is 9.69. The lowest BCUT2D eigenvalue weighted by molar-refractivity contribution is 0.118. The van der Waals surface area contributed by atoms with Crippen LogP contribution in [0.15, 0.2) is 34.7 Å². The molecule has 5 heteroatoms. The number of hydrogen-bond donors (Lipinski definition) is 1. The van der Waals surface area contributed by atoms with Crippen molar-refractivity contribution in [2.75, 3.05) is 6.54 Å². The fourth-order valence-electron chi connectivity index (χ4n) is 6.45. The number of hydrazone groups is 1. The number of carbonyl (C=O) groups excluding carboxylic acids is 1. The highest BCUT2D eigenvalue weighted by atomic mass is 32.1. The Morgan fingerprint density at radius 2 is 2.10 bits per heavy atom. The van der Waals surface area contributed by atoms with Gasteiger partial charge in [-0.15, -0.1) is 11.3 Å². The maximum Gasteiger partial charge on any atom is 0.338 e. The molecule has 31 heavy (non-hydrogen) atoms. The number of rotatable bonds is 5. The summed E-state index contributed by atoms with van der Waals surface area (Å²) in [6.45, 7) is 10.0. The molecule has 1 unspecified atom stereocenters. The van der Waals surface area contributed by atoms with Crippen molar-refractivity contribution in [1.29, 1.82) is 0 Å². The molecule has 5 rings (SSSR count). The molecule has 2 heterocycles. The number of amides is 2. The van der Waals surface area contributed by atoms with E-state index in [1.54, 1.807) is 16.3 Å². The van der Waals surface area contributed by atoms with E-state index in [-0.39, 0.29) is 23.4 Å². The van der Waals surface area contributed by atoms with E-state index < -0.39 is 0 Å². The number of fused-ring (bicyclic) bond motifs is 3. The number of thiophene rings is 1. The van der Waals surface area contributed by atoms with Crippen molar-refractivity contribution in [2.45, 2.75) is 78.2 Å². The second kappa shape index (κ2) is 7.61. The second-order valence-electron chi connectivity index (χ2n) is 10.6. The Balaban J connectivity index is 1.36. The summed E-state index contributed by atoms with van der Waals surface area (Å²) >= 11 is 1.80. The normalized spacial score (nSPS) is 31.4. The van der Waals surface area contributed by atoms with Gasteiger partial charge in [0, 0.05) is 22.4 Å². The van der Waals surface area contributed by atoms with Crippen LogP contribution in [0.4, 0.5) is 4.79 Å². The quantitative estimate of drug-likeness (QED) is 0.551. The van der Waals surface area contributed by atoms with Gasteiger partial charge in [-0.2, -0.15) is 5.10 Å². The lowest BCUT2D eigenvalue weighted by Crippen LogP contribution is -2.50. The molecule has 1 N–H and O–H groups in total. The van der Waals surface area contributed by atoms with Gasteiger partial charge >= 0.3 is 6.03 Å². The molecule has 0 radical (unpaired) electrons. The summed E-state index contributed by atoms with van der Waals surface area (Å²) in [6, 6.07) is 8.84. The fourth-order valence-corrected chi connectivity index (χ4v) is 7.46. The molecule has 2 aromatic rings. The van der Waals surface area contributed by atoms with Crippen LogP contribution >= 0.6 is 11.3 Å². The molecule has 1 aliphatic heterocycles. The van der Waals surface area contributed by atoms with E-state index in [9.17, 15) is 4.79 Å². The maximum absolute atomic E-state index is 13.3. The van der Waals surface area contributed by atoms with Crippen molar-refractivity contribution in [1.82, 2.24) is 10.3 Å². The summed E-state index contributed by atoms with van der Waals surface area (Å²) in [5, 5.41) is 13.6. The van der Waals surface area contributed by atoms with Crippen molar-refractivity contribution in [2.24, 2.45) is 21.8 Å². The van der Waals surface area contributed by atoms with Crippen LogP contribution in [0.25, 0.3) is 10.1 Å². The van der Waals surface area contributed by atoms with Gasteiger partial charge in [0.2, 0.25) is 0 Å². The zero-order valence-electron chi connectivity index (χ0n) is 19.3. The van der Waals surface area contributed by atoms with E-state index in [4.69, 9.17) is 5.10 Å². The van der Waals surface area contributed by atoms with Gasteiger partial charge in [0.15, 0.2) is 0 Å². The van der Waals surface area contributed by atoms with Crippen LogP contribution in [0.5, 0.6) is 0 Å². The Hall–Kier alpha value is -1.88. The third kappa shape index (κ3) is 3.23. The summed E-state index contributed by atoms with van der Waals surface area (Å²) in [4.78, 5) is 13.3. The molecule has 2 saturated carbocycles. The highest BCUT2D eigenvalue weighted by Gasteiger charge is 2.61. The van der Waals surface area contributed by atoms with Gasteiger partial charge < -0.3 is 5.32 Å². The Kier molecular flexibility index (Phi) is 5.16. The van der Waals surface area contributed by atoms with Crippen molar-refractivity contribution >= 4 is 33.2 Å². The molecule has 3 aliphatic rings. The minimum Gasteiger partial charge on any atom is -0.333 e. The topological polar surface area (TPSA) is 44.7 Å². The monoisotopic (exact) mass is 437 g/mol. The van der Waals surface area contributed by atoms with E-state index in [0.29, 0.717) is 12.0 Å². The first-order valence-electron chi connectivity index (χ1n) is 12.0. The summed E-state index contributed by atoms with van der Waals surface area (Å²) in [5.74, 6) is 0.926. The zero-order chi connectivity index (χ0) is 21.8. The van der Waals surface area contributed by atoms with E-state index >= 15 is 0 Å². The highest BCUT2D eigenvalue weighted by Crippen LogP contribution is 2.65. The lowest BCUT2D eigenvalue weighted by Gasteiger charge is -2.39. The number of urea groups is 1. The number of benzene rings is 1. The number of nitrogens with zero attached hydrogens (tertiary/aromatic N) is 2. The first-order valence-corrected chi connectivity index (χ1v) is 12.8. The number of carbonyl (C=O) groups is 1. The van der Waals surface area contributed by atoms with Crippen molar-refractivity contribution < 1.29 is 4.79 Å². The van der Waals surface area contributed by atoms with Gasteiger partial charge in [0.1, 0.15) is 0 Å². The molecule has 0 spiro atoms. The van der Waals surface area contributed by atoms with Crippen LogP contribution in [0.1, 0.15) is 77.7 Å². The first kappa shape index (κ1) is 21.0. The number of hydrogen-bond acceptors (Lipinski definition) is 3. The van der Waals surface area contributed by atoms with E-state index in [1.807, 2.05) is 0 Å². The molecule has 1 aromatic carbocycles. The maximum atomic E-state index is 13.3. The van der Waals surface area contributed by atoms with Crippen molar-refractivity contribution in [3.63, 3.8) is 0 Å². The van der Waals surface area contributed by atoms with E-state index in [0.717, 1.165) is 31.6 Å². The Morgan fingerprint density at radius 3 is 2.81 bits per heavy atom. The van der Waals surface area contributed by atoms with Crippen molar-refractivity contribution in [3.05, 3.63) is 35.2 Å². The van der Waals surface area contributed by atoms with Crippen LogP contribution in [0.2, 0.25) is 0 Å². The van der Waals surface area contributed by atoms with Crippen molar-refractivity contribution in [3.8, 4) is 0 Å². The molecular formula is C26H35N3OS. The van der Waals surface area contributed by atoms with Crippen LogP contribution in [-0.2, 0) is 0 Å². The SMILES string of the molecule is CCCCC1=NN(C(=O)N[C@H]2C[C@H]3CC[C@]2(C)C3(C)C)CC1c1csc2ccccc12. The molecule has 0 saturated heterocycles. The third-order valence-corrected chi connectivity index (χ3v) is 9.99. The molecule has 2 fully saturated rings. The Labute approximate surface area is 190 Å². The molecule has 166 valence electrons. The zero-order valence-corrected chi connectivity index (χ0v) is 20.1. The summed E-state index contributed by atoms with van der Waals surface area (Å²) < 4.78 is 1.31. The minimum atomic E-state index is -0.00870. The smallest absolute Gasteiger partial charge is 0.333 e. The van der Waals surface area contributed by atoms with Gasteiger partial charge in [-0.25, -0.2) is 9.80 Å². The largest absolute Gasteiger partial charge is 0.338 e. The van der Waals surface area contributed by atoms with Crippen LogP contribution in [0, 0.1) is 16.7 Å². The average molecular weight is 438 g/mol. The molecule has 2 bridgehead atoms. The van der Waals surface area contributed by atoms with Gasteiger partial charge in [-0.1, -0.05) is 52.3 Å². The van der Waals surface area contributed by atoms with Crippen LogP contribution in [-0.4, -0.2) is 29.3 Å². The summed E-state index contributed by atoms with van der Waals surface area (Å²) in [7, 11) is 0. The Morgan fingerprint density at radius 1 is 1.29 bits per heavy atom. The number of nitrogens with one attached hydrogen (secondary N) is 1. The first-order chi connectivity index (χ1) is 14.8. The average Bonchev–Trinajstić information content (AvgIpc) is 3.46. The van der Waals surface area contributed by atoms with Gasteiger partial charge in [-0.3, -0.25) is 0 Å². The summed E-state index contributed by atoms with van der Waals surface area (Å²) in [5.41, 5.74) is 2.98. The van der Waals surface area contributed by atoms with Crippen LogP contribution < -0.4 is 5.32 Å². The number of unbranched alkanes of at least 4 members (excludes halogenated alkanes) is 1. The standard InChI is InChI=1S/C26H35N3OS/c1-5-6-10-21-19(20-16-31-22-11-8-7-9-18(20)22)15-29(28-21)24(30)27-23-14-17-12-13-26(23,4)25(17,2)3/h7-9,11,16-17,19,23H,5-6,10,12-15H2,1-4H3,(H,27,30)/t17-,19?,23+,26+/m1/s1. The highest BCUT2D eigenvalue weighted by molar-refractivity contribution is 7.17. The molecule has 4 nitrogen and oxygen atoms in total. The molecule has 2 aliphatic carbocycles. The molecule has 1 aromatic heterocycles. The Bertz CT molecular complexity index is 1020. The molecule has 4 atom stereocenters. The van der Waals surface area contributed by atoms with E-state index in [1.165, 1.54) is 34.2 Å².